The summed E-state index contributed by atoms with van der Waals surface area (Å²) in [5.74, 6) is 0. The number of aromatic amines is 1. The highest BCUT2D eigenvalue weighted by Crippen LogP contribution is 2.31. The number of rotatable bonds is 1. The summed E-state index contributed by atoms with van der Waals surface area (Å²) in [5.41, 5.74) is 0.629. The number of pyridine rings is 1. The van der Waals surface area contributed by atoms with Crippen LogP contribution in [0.2, 0.25) is 0 Å². The van der Waals surface area contributed by atoms with Crippen LogP contribution in [0.3, 0.4) is 0 Å². The van der Waals surface area contributed by atoms with Crippen molar-refractivity contribution in [2.24, 2.45) is 0 Å². The quantitative estimate of drug-likeness (QED) is 0.477. The third-order valence-electron chi connectivity index (χ3n) is 4.78. The maximum absolute atomic E-state index is 13.2. The first kappa shape index (κ1) is 16.7. The molecule has 4 aromatic heterocycles. The lowest BCUT2D eigenvalue weighted by Crippen LogP contribution is -2.25. The summed E-state index contributed by atoms with van der Waals surface area (Å²) < 4.78 is 42.5. The van der Waals surface area contributed by atoms with Crippen molar-refractivity contribution < 1.29 is 13.2 Å². The van der Waals surface area contributed by atoms with E-state index in [0.29, 0.717) is 21.9 Å². The molecule has 0 spiro atoms. The van der Waals surface area contributed by atoms with Crippen LogP contribution < -0.4 is 5.56 Å². The van der Waals surface area contributed by atoms with Gasteiger partial charge >= 0.3 is 6.18 Å². The fourth-order valence-electron chi connectivity index (χ4n) is 3.61. The Labute approximate surface area is 154 Å². The molecule has 0 saturated carbocycles. The van der Waals surface area contributed by atoms with Gasteiger partial charge < -0.3 is 4.57 Å². The van der Waals surface area contributed by atoms with Gasteiger partial charge in [0.1, 0.15) is 11.2 Å². The van der Waals surface area contributed by atoms with Gasteiger partial charge in [0.25, 0.3) is 5.56 Å². The fraction of sp³-hybridized carbons (Fsp3) is 0.222. The number of fused-ring (bicyclic) bond motifs is 7. The van der Waals surface area contributed by atoms with E-state index >= 15 is 0 Å². The van der Waals surface area contributed by atoms with Crippen molar-refractivity contribution >= 4 is 38.7 Å². The maximum atomic E-state index is 13.2. The number of imidazole rings is 1. The lowest BCUT2D eigenvalue weighted by molar-refractivity contribution is -0.141. The molecule has 28 heavy (non-hydrogen) atoms. The van der Waals surface area contributed by atoms with Crippen LogP contribution in [0.25, 0.3) is 38.7 Å². The Bertz CT molecular complexity index is 1460. The van der Waals surface area contributed by atoms with Crippen LogP contribution in [0.15, 0.2) is 35.3 Å². The Morgan fingerprint density at radius 2 is 1.86 bits per heavy atom. The number of aromatic nitrogens is 6. The number of nitrogens with one attached hydrogen (secondary N) is 1. The topological polar surface area (TPSA) is 80.9 Å². The molecule has 0 radical (unpaired) electrons. The zero-order chi connectivity index (χ0) is 19.8. The standard InChI is InChI=1S/C18H13F3N6O/c1-8(2)26-14-9-7-22-25-10(9)3-5-12(14)27-15-11(23-16(27)17(26)28)4-6-13(24-15)18(19,20)21/h3-8H,1-2H3,(H,22,25). The molecule has 1 N–H and O–H groups in total. The van der Waals surface area contributed by atoms with Crippen molar-refractivity contribution in [3.8, 4) is 0 Å². The van der Waals surface area contributed by atoms with Gasteiger partial charge in [-0.1, -0.05) is 0 Å². The fourth-order valence-corrected chi connectivity index (χ4v) is 3.61. The number of benzene rings is 1. The molecule has 0 amide bonds. The van der Waals surface area contributed by atoms with Crippen LogP contribution in [0.1, 0.15) is 25.6 Å². The molecule has 0 aliphatic carbocycles. The number of hydrogen-bond donors (Lipinski definition) is 1. The van der Waals surface area contributed by atoms with Crippen LogP contribution in [0, 0.1) is 0 Å². The molecule has 5 rings (SSSR count). The Morgan fingerprint density at radius 3 is 2.57 bits per heavy atom. The first-order valence-corrected chi connectivity index (χ1v) is 8.54. The molecule has 1 aromatic carbocycles. The molecule has 0 atom stereocenters. The minimum absolute atomic E-state index is 0.00863. The maximum Gasteiger partial charge on any atom is 0.433 e. The van der Waals surface area contributed by atoms with E-state index in [1.165, 1.54) is 10.5 Å². The number of alkyl halides is 3. The molecule has 0 aliphatic heterocycles. The van der Waals surface area contributed by atoms with Gasteiger partial charge in [0.2, 0.25) is 5.65 Å². The minimum atomic E-state index is -4.60. The number of H-pyrrole nitrogens is 1. The van der Waals surface area contributed by atoms with E-state index in [9.17, 15) is 18.0 Å². The van der Waals surface area contributed by atoms with Crippen LogP contribution in [-0.2, 0) is 6.18 Å². The van der Waals surface area contributed by atoms with Crippen LogP contribution in [0.5, 0.6) is 0 Å². The summed E-state index contributed by atoms with van der Waals surface area (Å²) in [4.78, 5) is 21.2. The molecule has 0 bridgehead atoms. The molecule has 7 nitrogen and oxygen atoms in total. The van der Waals surface area contributed by atoms with E-state index in [-0.39, 0.29) is 22.9 Å². The minimum Gasteiger partial charge on any atom is -0.300 e. The van der Waals surface area contributed by atoms with Crippen molar-refractivity contribution in [3.63, 3.8) is 0 Å². The molecule has 0 unspecified atom stereocenters. The normalized spacial score (nSPS) is 12.9. The molecule has 4 heterocycles. The van der Waals surface area contributed by atoms with Gasteiger partial charge in [0.05, 0.1) is 22.7 Å². The second-order valence-corrected chi connectivity index (χ2v) is 6.84. The molecule has 142 valence electrons. The van der Waals surface area contributed by atoms with E-state index in [4.69, 9.17) is 0 Å². The largest absolute Gasteiger partial charge is 0.433 e. The molecule has 0 fully saturated rings. The predicted octanol–water partition coefficient (Wildman–Crippen LogP) is 3.67. The Kier molecular flexibility index (Phi) is 3.17. The van der Waals surface area contributed by atoms with Crippen molar-refractivity contribution in [3.05, 3.63) is 46.5 Å². The predicted molar refractivity (Wildman–Crippen MR) is 97.3 cm³/mol. The van der Waals surface area contributed by atoms with Gasteiger partial charge in [-0.25, -0.2) is 9.97 Å². The van der Waals surface area contributed by atoms with Gasteiger partial charge in [-0.15, -0.1) is 0 Å². The summed E-state index contributed by atoms with van der Waals surface area (Å²) in [7, 11) is 0. The Hall–Kier alpha value is -3.43. The van der Waals surface area contributed by atoms with E-state index in [2.05, 4.69) is 20.2 Å². The number of nitrogens with zero attached hydrogens (tertiary/aromatic N) is 5. The average Bonchev–Trinajstić information content (AvgIpc) is 3.24. The third-order valence-corrected chi connectivity index (χ3v) is 4.78. The number of hydrogen-bond acceptors (Lipinski definition) is 4. The van der Waals surface area contributed by atoms with Gasteiger partial charge in [0, 0.05) is 11.4 Å². The Balaban J connectivity index is 2.09. The first-order valence-electron chi connectivity index (χ1n) is 8.54. The summed E-state index contributed by atoms with van der Waals surface area (Å²) in [6.45, 7) is 3.72. The van der Waals surface area contributed by atoms with Crippen molar-refractivity contribution in [1.82, 2.24) is 29.1 Å². The van der Waals surface area contributed by atoms with E-state index < -0.39 is 17.4 Å². The zero-order valence-electron chi connectivity index (χ0n) is 14.7. The zero-order valence-corrected chi connectivity index (χ0v) is 14.7. The van der Waals surface area contributed by atoms with Crippen molar-refractivity contribution in [2.75, 3.05) is 0 Å². The SMILES string of the molecule is CC(C)n1c(=O)c2nc3ccc(C(F)(F)F)nc3n2c2ccc3[nH]ncc3c21. The third kappa shape index (κ3) is 2.11. The average molecular weight is 386 g/mol. The monoisotopic (exact) mass is 386 g/mol. The highest BCUT2D eigenvalue weighted by molar-refractivity contribution is 6.04. The van der Waals surface area contributed by atoms with E-state index in [1.54, 1.807) is 22.9 Å². The summed E-state index contributed by atoms with van der Waals surface area (Å²) in [6, 6.07) is 5.40. The molecule has 10 heteroatoms. The van der Waals surface area contributed by atoms with Crippen LogP contribution in [0.4, 0.5) is 13.2 Å². The number of halogens is 3. The van der Waals surface area contributed by atoms with Gasteiger partial charge in [-0.3, -0.25) is 14.3 Å². The van der Waals surface area contributed by atoms with E-state index in [1.807, 2.05) is 13.8 Å². The molecule has 0 aliphatic rings. The first-order chi connectivity index (χ1) is 13.3. The van der Waals surface area contributed by atoms with Crippen molar-refractivity contribution in [1.29, 1.82) is 0 Å². The lowest BCUT2D eigenvalue weighted by Gasteiger charge is -2.16. The van der Waals surface area contributed by atoms with Crippen molar-refractivity contribution in [2.45, 2.75) is 26.1 Å². The second kappa shape index (κ2) is 5.31. The summed E-state index contributed by atoms with van der Waals surface area (Å²) >= 11 is 0. The lowest BCUT2D eigenvalue weighted by atomic mass is 10.2. The molecular formula is C18H13F3N6O. The van der Waals surface area contributed by atoms with Gasteiger partial charge in [-0.05, 0) is 38.1 Å². The van der Waals surface area contributed by atoms with Gasteiger partial charge in [-0.2, -0.15) is 18.3 Å². The molecule has 0 saturated heterocycles. The smallest absolute Gasteiger partial charge is 0.300 e. The van der Waals surface area contributed by atoms with E-state index in [0.717, 1.165) is 6.07 Å². The van der Waals surface area contributed by atoms with Gasteiger partial charge in [0.15, 0.2) is 5.65 Å². The summed E-state index contributed by atoms with van der Waals surface area (Å²) in [6.07, 6.45) is -3.01. The van der Waals surface area contributed by atoms with Crippen LogP contribution >= 0.6 is 0 Å². The second-order valence-electron chi connectivity index (χ2n) is 6.84. The highest BCUT2D eigenvalue weighted by Gasteiger charge is 2.33. The molecular weight excluding hydrogens is 373 g/mol. The highest BCUT2D eigenvalue weighted by atomic mass is 19.4. The van der Waals surface area contributed by atoms with Crippen LogP contribution in [-0.4, -0.2) is 29.1 Å². The molecule has 5 aromatic rings. The Morgan fingerprint density at radius 1 is 1.07 bits per heavy atom. The summed E-state index contributed by atoms with van der Waals surface area (Å²) in [5, 5.41) is 7.57.